The van der Waals surface area contributed by atoms with Crippen molar-refractivity contribution in [3.05, 3.63) is 0 Å². The molecule has 0 bridgehead atoms. The molecule has 0 aliphatic rings. The predicted octanol–water partition coefficient (Wildman–Crippen LogP) is 4.41. The molecule has 1 unspecified atom stereocenters. The standard InChI is InChI=1S/C7H6F10/c1-4(8,9)3(7(15,16)17)5(10,11)2-6(12,13)14/h3H,2H2,1H3. The van der Waals surface area contributed by atoms with Crippen molar-refractivity contribution in [1.29, 1.82) is 0 Å². The number of halogens is 10. The van der Waals surface area contributed by atoms with Crippen LogP contribution in [0.15, 0.2) is 0 Å². The quantitative estimate of drug-likeness (QED) is 0.672. The van der Waals surface area contributed by atoms with E-state index in [-0.39, 0.29) is 0 Å². The molecule has 0 spiro atoms. The summed E-state index contributed by atoms with van der Waals surface area (Å²) in [5.74, 6) is -15.3. The summed E-state index contributed by atoms with van der Waals surface area (Å²) in [7, 11) is 0. The summed E-state index contributed by atoms with van der Waals surface area (Å²) in [6, 6.07) is 0. The van der Waals surface area contributed by atoms with Gasteiger partial charge in [0, 0.05) is 6.92 Å². The Kier molecular flexibility index (Phi) is 4.03. The molecule has 0 rings (SSSR count). The Morgan fingerprint density at radius 2 is 1.12 bits per heavy atom. The molecule has 0 saturated heterocycles. The highest BCUT2D eigenvalue weighted by Crippen LogP contribution is 2.50. The summed E-state index contributed by atoms with van der Waals surface area (Å²) < 4.78 is 121. The fourth-order valence-electron chi connectivity index (χ4n) is 1.27. The first kappa shape index (κ1) is 16.3. The van der Waals surface area contributed by atoms with Crippen molar-refractivity contribution < 1.29 is 43.9 Å². The second kappa shape index (κ2) is 4.20. The van der Waals surface area contributed by atoms with Gasteiger partial charge in [-0.3, -0.25) is 0 Å². The molecule has 0 aromatic carbocycles. The molecule has 0 aliphatic carbocycles. The van der Waals surface area contributed by atoms with Crippen molar-refractivity contribution >= 4 is 0 Å². The molecular weight excluding hydrogens is 274 g/mol. The zero-order valence-corrected chi connectivity index (χ0v) is 8.06. The van der Waals surface area contributed by atoms with Crippen LogP contribution in [-0.4, -0.2) is 24.2 Å². The number of hydrogen-bond donors (Lipinski definition) is 0. The fraction of sp³-hybridized carbons (Fsp3) is 1.00. The lowest BCUT2D eigenvalue weighted by Gasteiger charge is -2.32. The van der Waals surface area contributed by atoms with E-state index in [9.17, 15) is 43.9 Å². The Balaban J connectivity index is 5.34. The van der Waals surface area contributed by atoms with Gasteiger partial charge in [0.25, 0.3) is 11.8 Å². The van der Waals surface area contributed by atoms with E-state index in [0.717, 1.165) is 0 Å². The predicted molar refractivity (Wildman–Crippen MR) is 35.8 cm³/mol. The van der Waals surface area contributed by atoms with E-state index < -0.39 is 43.5 Å². The molecule has 10 heteroatoms. The molecule has 0 aromatic heterocycles. The van der Waals surface area contributed by atoms with E-state index >= 15 is 0 Å². The lowest BCUT2D eigenvalue weighted by Crippen LogP contribution is -2.51. The average molecular weight is 280 g/mol. The molecule has 0 fully saturated rings. The van der Waals surface area contributed by atoms with Crippen LogP contribution < -0.4 is 0 Å². The molecule has 0 nitrogen and oxygen atoms in total. The summed E-state index contributed by atoms with van der Waals surface area (Å²) in [6.07, 6.45) is -15.1. The zero-order chi connectivity index (χ0) is 14.3. The highest BCUT2D eigenvalue weighted by atomic mass is 19.4. The van der Waals surface area contributed by atoms with Crippen LogP contribution in [0.1, 0.15) is 13.3 Å². The molecule has 0 heterocycles. The van der Waals surface area contributed by atoms with Crippen molar-refractivity contribution in [1.82, 2.24) is 0 Å². The van der Waals surface area contributed by atoms with Gasteiger partial charge in [0.1, 0.15) is 6.42 Å². The minimum Gasteiger partial charge on any atom is -0.206 e. The maximum absolute atomic E-state index is 12.7. The van der Waals surface area contributed by atoms with Crippen LogP contribution in [0.2, 0.25) is 0 Å². The van der Waals surface area contributed by atoms with Crippen LogP contribution >= 0.6 is 0 Å². The van der Waals surface area contributed by atoms with E-state index in [2.05, 4.69) is 0 Å². The van der Waals surface area contributed by atoms with Crippen molar-refractivity contribution in [2.45, 2.75) is 37.5 Å². The van der Waals surface area contributed by atoms with Crippen LogP contribution in [-0.2, 0) is 0 Å². The smallest absolute Gasteiger partial charge is 0.206 e. The highest BCUT2D eigenvalue weighted by molar-refractivity contribution is 4.92. The van der Waals surface area contributed by atoms with Gasteiger partial charge in [-0.25, -0.2) is 17.6 Å². The van der Waals surface area contributed by atoms with Gasteiger partial charge in [-0.15, -0.1) is 0 Å². The Morgan fingerprint density at radius 3 is 1.29 bits per heavy atom. The van der Waals surface area contributed by atoms with Crippen LogP contribution in [0.5, 0.6) is 0 Å². The third-order valence-electron chi connectivity index (χ3n) is 1.69. The van der Waals surface area contributed by atoms with E-state index in [4.69, 9.17) is 0 Å². The van der Waals surface area contributed by atoms with Gasteiger partial charge < -0.3 is 0 Å². The second-order valence-electron chi connectivity index (χ2n) is 3.48. The third kappa shape index (κ3) is 4.99. The summed E-state index contributed by atoms with van der Waals surface area (Å²) in [4.78, 5) is 0. The monoisotopic (exact) mass is 280 g/mol. The largest absolute Gasteiger partial charge is 0.403 e. The molecular formula is C7H6F10. The van der Waals surface area contributed by atoms with E-state index in [1.165, 1.54) is 0 Å². The summed E-state index contributed by atoms with van der Waals surface area (Å²) >= 11 is 0. The Morgan fingerprint density at radius 1 is 0.765 bits per heavy atom. The molecule has 1 atom stereocenters. The molecule has 0 saturated carbocycles. The lowest BCUT2D eigenvalue weighted by atomic mass is 9.92. The molecule has 0 N–H and O–H groups in total. The number of alkyl halides is 10. The minimum absolute atomic E-state index is 0.505. The SMILES string of the molecule is CC(F)(F)C(C(F)(F)F)C(F)(F)CC(F)(F)F. The van der Waals surface area contributed by atoms with E-state index in [0.29, 0.717) is 0 Å². The second-order valence-corrected chi connectivity index (χ2v) is 3.48. The molecule has 17 heavy (non-hydrogen) atoms. The first-order valence-corrected chi connectivity index (χ1v) is 3.96. The molecule has 104 valence electrons. The van der Waals surface area contributed by atoms with Gasteiger partial charge in [-0.2, -0.15) is 26.3 Å². The first-order valence-electron chi connectivity index (χ1n) is 3.96. The Hall–Kier alpha value is -0.700. The molecule has 0 aromatic rings. The van der Waals surface area contributed by atoms with Gasteiger partial charge in [0.05, 0.1) is 0 Å². The third-order valence-corrected chi connectivity index (χ3v) is 1.69. The lowest BCUT2D eigenvalue weighted by molar-refractivity contribution is -0.315. The van der Waals surface area contributed by atoms with Gasteiger partial charge in [0.15, 0.2) is 5.92 Å². The summed E-state index contributed by atoms with van der Waals surface area (Å²) in [6.45, 7) is -0.505. The van der Waals surface area contributed by atoms with Crippen molar-refractivity contribution in [2.75, 3.05) is 0 Å². The fourth-order valence-corrected chi connectivity index (χ4v) is 1.27. The van der Waals surface area contributed by atoms with Crippen molar-refractivity contribution in [2.24, 2.45) is 5.92 Å². The van der Waals surface area contributed by atoms with Gasteiger partial charge in [-0.05, 0) is 0 Å². The van der Waals surface area contributed by atoms with Crippen LogP contribution in [0.3, 0.4) is 0 Å². The maximum atomic E-state index is 12.7. The summed E-state index contributed by atoms with van der Waals surface area (Å²) in [5, 5.41) is 0. The van der Waals surface area contributed by atoms with Gasteiger partial charge in [0.2, 0.25) is 0 Å². The maximum Gasteiger partial charge on any atom is 0.403 e. The van der Waals surface area contributed by atoms with Gasteiger partial charge >= 0.3 is 12.4 Å². The van der Waals surface area contributed by atoms with Gasteiger partial charge in [-0.1, -0.05) is 0 Å². The zero-order valence-electron chi connectivity index (χ0n) is 8.06. The minimum atomic E-state index is -6.15. The topological polar surface area (TPSA) is 0 Å². The van der Waals surface area contributed by atoms with Crippen LogP contribution in [0.25, 0.3) is 0 Å². The Bertz CT molecular complexity index is 239. The van der Waals surface area contributed by atoms with Crippen molar-refractivity contribution in [3.63, 3.8) is 0 Å². The van der Waals surface area contributed by atoms with E-state index in [1.807, 2.05) is 0 Å². The summed E-state index contributed by atoms with van der Waals surface area (Å²) in [5.41, 5.74) is 0. The molecule has 0 radical (unpaired) electrons. The first-order chi connectivity index (χ1) is 7.07. The van der Waals surface area contributed by atoms with Crippen LogP contribution in [0.4, 0.5) is 43.9 Å². The highest BCUT2D eigenvalue weighted by Gasteiger charge is 2.67. The van der Waals surface area contributed by atoms with E-state index in [1.54, 1.807) is 0 Å². The number of rotatable bonds is 3. The normalized spacial score (nSPS) is 17.1. The molecule has 0 aliphatic heterocycles. The molecule has 0 amide bonds. The van der Waals surface area contributed by atoms with Crippen LogP contribution in [0, 0.1) is 5.92 Å². The Labute approximate surface area is 88.6 Å². The number of hydrogen-bond acceptors (Lipinski definition) is 0. The average Bonchev–Trinajstić information content (AvgIpc) is 1.66. The van der Waals surface area contributed by atoms with Crippen molar-refractivity contribution in [3.8, 4) is 0 Å².